The van der Waals surface area contributed by atoms with E-state index in [2.05, 4.69) is 27.9 Å². The van der Waals surface area contributed by atoms with Crippen LogP contribution in [0, 0.1) is 3.57 Å². The number of hydrogen-bond donors (Lipinski definition) is 1. The third-order valence-electron chi connectivity index (χ3n) is 3.14. The fourth-order valence-corrected chi connectivity index (χ4v) is 2.56. The lowest BCUT2D eigenvalue weighted by atomic mass is 10.1. The number of nitrogens with one attached hydrogen (secondary N) is 1. The van der Waals surface area contributed by atoms with Crippen molar-refractivity contribution in [2.24, 2.45) is 0 Å². The number of piperazine rings is 1. The first kappa shape index (κ1) is 14.3. The third-order valence-corrected chi connectivity index (χ3v) is 3.86. The summed E-state index contributed by atoms with van der Waals surface area (Å²) in [6.45, 7) is 2.67. The van der Waals surface area contributed by atoms with Crippen LogP contribution in [0.4, 0.5) is 0 Å². The molecule has 0 aromatic heterocycles. The number of carbonyl (C=O) groups excluding carboxylic acids is 2. The van der Waals surface area contributed by atoms with Crippen molar-refractivity contribution in [2.45, 2.75) is 32.4 Å². The molecule has 4 nitrogen and oxygen atoms in total. The Hall–Kier alpha value is -1.11. The van der Waals surface area contributed by atoms with E-state index in [1.165, 1.54) is 0 Å². The van der Waals surface area contributed by atoms with Crippen LogP contribution in [0.5, 0.6) is 0 Å². The lowest BCUT2D eigenvalue weighted by Gasteiger charge is -2.32. The SMILES string of the molecule is CCCC1NC(=O)CN(Cc2ccc(I)cc2)C1=O. The Balaban J connectivity index is 2.07. The molecule has 0 spiro atoms. The summed E-state index contributed by atoms with van der Waals surface area (Å²) in [6.07, 6.45) is 1.59. The summed E-state index contributed by atoms with van der Waals surface area (Å²) in [6, 6.07) is 7.66. The van der Waals surface area contributed by atoms with Crippen molar-refractivity contribution in [3.05, 3.63) is 33.4 Å². The first-order chi connectivity index (χ1) is 9.10. The molecule has 0 bridgehead atoms. The van der Waals surface area contributed by atoms with Gasteiger partial charge in [0.2, 0.25) is 11.8 Å². The summed E-state index contributed by atoms with van der Waals surface area (Å²) in [5.74, 6) is -0.0384. The summed E-state index contributed by atoms with van der Waals surface area (Å²) in [5, 5.41) is 2.76. The maximum atomic E-state index is 12.2. The van der Waals surface area contributed by atoms with Crippen LogP contribution in [-0.2, 0) is 16.1 Å². The summed E-state index contributed by atoms with van der Waals surface area (Å²) >= 11 is 2.24. The average Bonchev–Trinajstić information content (AvgIpc) is 2.38. The molecule has 1 unspecified atom stereocenters. The molecule has 1 fully saturated rings. The zero-order valence-electron chi connectivity index (χ0n) is 10.9. The zero-order chi connectivity index (χ0) is 13.8. The monoisotopic (exact) mass is 372 g/mol. The molecular weight excluding hydrogens is 355 g/mol. The van der Waals surface area contributed by atoms with E-state index >= 15 is 0 Å². The first-order valence-electron chi connectivity index (χ1n) is 6.42. The van der Waals surface area contributed by atoms with Crippen molar-refractivity contribution >= 4 is 34.4 Å². The van der Waals surface area contributed by atoms with Gasteiger partial charge in [-0.1, -0.05) is 25.5 Å². The molecule has 0 aliphatic carbocycles. The number of halogens is 1. The molecule has 5 heteroatoms. The summed E-state index contributed by atoms with van der Waals surface area (Å²) < 4.78 is 1.16. The minimum atomic E-state index is -0.352. The van der Waals surface area contributed by atoms with Gasteiger partial charge in [0.25, 0.3) is 0 Å². The number of amides is 2. The number of carbonyl (C=O) groups is 2. The van der Waals surface area contributed by atoms with Crippen LogP contribution in [-0.4, -0.2) is 29.3 Å². The highest BCUT2D eigenvalue weighted by Gasteiger charge is 2.31. The molecular formula is C14H17IN2O2. The molecule has 1 aromatic rings. The van der Waals surface area contributed by atoms with E-state index in [0.29, 0.717) is 13.0 Å². The maximum Gasteiger partial charge on any atom is 0.245 e. The van der Waals surface area contributed by atoms with Gasteiger partial charge in [0.05, 0.1) is 6.54 Å². The number of hydrogen-bond acceptors (Lipinski definition) is 2. The Bertz CT molecular complexity index is 473. The molecule has 1 aliphatic heterocycles. The molecule has 1 heterocycles. The van der Waals surface area contributed by atoms with Crippen molar-refractivity contribution < 1.29 is 9.59 Å². The standard InChI is InChI=1S/C14H17IN2O2/c1-2-3-12-14(19)17(9-13(18)16-12)8-10-4-6-11(15)7-5-10/h4-7,12H,2-3,8-9H2,1H3,(H,16,18). The minimum Gasteiger partial charge on any atom is -0.343 e. The van der Waals surface area contributed by atoms with Crippen LogP contribution in [0.2, 0.25) is 0 Å². The normalized spacial score (nSPS) is 19.5. The van der Waals surface area contributed by atoms with Crippen molar-refractivity contribution in [3.8, 4) is 0 Å². The number of rotatable bonds is 4. The summed E-state index contributed by atoms with van der Waals surface area (Å²) in [4.78, 5) is 25.5. The van der Waals surface area contributed by atoms with Gasteiger partial charge in [0.1, 0.15) is 6.04 Å². The largest absolute Gasteiger partial charge is 0.343 e. The van der Waals surface area contributed by atoms with Crippen LogP contribution < -0.4 is 5.32 Å². The average molecular weight is 372 g/mol. The Labute approximate surface area is 126 Å². The van der Waals surface area contributed by atoms with Crippen molar-refractivity contribution in [1.82, 2.24) is 10.2 Å². The number of nitrogens with zero attached hydrogens (tertiary/aromatic N) is 1. The molecule has 1 aliphatic rings. The lowest BCUT2D eigenvalue weighted by Crippen LogP contribution is -2.57. The molecule has 1 saturated heterocycles. The first-order valence-corrected chi connectivity index (χ1v) is 7.50. The van der Waals surface area contributed by atoms with Gasteiger partial charge in [-0.05, 0) is 46.7 Å². The van der Waals surface area contributed by atoms with E-state index in [9.17, 15) is 9.59 Å². The second-order valence-electron chi connectivity index (χ2n) is 4.73. The van der Waals surface area contributed by atoms with Gasteiger partial charge < -0.3 is 10.2 Å². The molecule has 0 saturated carbocycles. The van der Waals surface area contributed by atoms with Crippen LogP contribution in [0.1, 0.15) is 25.3 Å². The van der Waals surface area contributed by atoms with Crippen LogP contribution in [0.3, 0.4) is 0 Å². The number of benzene rings is 1. The van der Waals surface area contributed by atoms with E-state index in [0.717, 1.165) is 15.6 Å². The molecule has 1 aromatic carbocycles. The van der Waals surface area contributed by atoms with Gasteiger partial charge in [-0.3, -0.25) is 9.59 Å². The van der Waals surface area contributed by atoms with E-state index in [1.807, 2.05) is 31.2 Å². The van der Waals surface area contributed by atoms with Gasteiger partial charge in [-0.15, -0.1) is 0 Å². The van der Waals surface area contributed by atoms with Gasteiger partial charge in [0, 0.05) is 10.1 Å². The van der Waals surface area contributed by atoms with E-state index in [4.69, 9.17) is 0 Å². The smallest absolute Gasteiger partial charge is 0.245 e. The second-order valence-corrected chi connectivity index (χ2v) is 5.98. The van der Waals surface area contributed by atoms with Gasteiger partial charge >= 0.3 is 0 Å². The van der Waals surface area contributed by atoms with Gasteiger partial charge in [-0.2, -0.15) is 0 Å². The molecule has 1 N–H and O–H groups in total. The third kappa shape index (κ3) is 3.68. The van der Waals surface area contributed by atoms with Crippen molar-refractivity contribution in [2.75, 3.05) is 6.54 Å². The highest BCUT2D eigenvalue weighted by molar-refractivity contribution is 14.1. The highest BCUT2D eigenvalue weighted by atomic mass is 127. The van der Waals surface area contributed by atoms with Crippen LogP contribution >= 0.6 is 22.6 Å². The second kappa shape index (κ2) is 6.36. The molecule has 102 valence electrons. The Morgan fingerprint density at radius 1 is 1.32 bits per heavy atom. The van der Waals surface area contributed by atoms with E-state index in [-0.39, 0.29) is 24.4 Å². The summed E-state index contributed by atoms with van der Waals surface area (Å²) in [7, 11) is 0. The van der Waals surface area contributed by atoms with E-state index in [1.54, 1.807) is 4.90 Å². The van der Waals surface area contributed by atoms with Crippen LogP contribution in [0.25, 0.3) is 0 Å². The predicted octanol–water partition coefficient (Wildman–Crippen LogP) is 1.92. The van der Waals surface area contributed by atoms with Gasteiger partial charge in [-0.25, -0.2) is 0 Å². The maximum absolute atomic E-state index is 12.2. The topological polar surface area (TPSA) is 49.4 Å². The molecule has 1 atom stereocenters. The fraction of sp³-hybridized carbons (Fsp3) is 0.429. The van der Waals surface area contributed by atoms with E-state index < -0.39 is 0 Å². The quantitative estimate of drug-likeness (QED) is 0.822. The predicted molar refractivity (Wildman–Crippen MR) is 81.4 cm³/mol. The highest BCUT2D eigenvalue weighted by Crippen LogP contribution is 2.13. The summed E-state index contributed by atoms with van der Waals surface area (Å²) in [5.41, 5.74) is 1.05. The molecule has 19 heavy (non-hydrogen) atoms. The fourth-order valence-electron chi connectivity index (χ4n) is 2.20. The minimum absolute atomic E-state index is 0.0278. The zero-order valence-corrected chi connectivity index (χ0v) is 13.0. The lowest BCUT2D eigenvalue weighted by molar-refractivity contribution is -0.145. The van der Waals surface area contributed by atoms with Gasteiger partial charge in [0.15, 0.2) is 0 Å². The molecule has 0 radical (unpaired) electrons. The Kier molecular flexibility index (Phi) is 4.79. The molecule has 2 amide bonds. The Morgan fingerprint density at radius 3 is 2.63 bits per heavy atom. The van der Waals surface area contributed by atoms with Crippen molar-refractivity contribution in [3.63, 3.8) is 0 Å². The Morgan fingerprint density at radius 2 is 2.00 bits per heavy atom. The van der Waals surface area contributed by atoms with Crippen LogP contribution in [0.15, 0.2) is 24.3 Å². The van der Waals surface area contributed by atoms with Crippen molar-refractivity contribution in [1.29, 1.82) is 0 Å². The molecule has 2 rings (SSSR count).